The lowest BCUT2D eigenvalue weighted by molar-refractivity contribution is -0.255. The molecule has 1 saturated heterocycles. The largest absolute Gasteiger partial charge is 0.545 e. The summed E-state index contributed by atoms with van der Waals surface area (Å²) in [5, 5.41) is 14.7. The molecule has 0 aliphatic carbocycles. The van der Waals surface area contributed by atoms with Gasteiger partial charge in [-0.15, -0.1) is 0 Å². The predicted octanol–water partition coefficient (Wildman–Crippen LogP) is 1.06. The zero-order valence-corrected chi connectivity index (χ0v) is 16.5. The predicted molar refractivity (Wildman–Crippen MR) is 108 cm³/mol. The topological polar surface area (TPSA) is 111 Å². The second-order valence-corrected chi connectivity index (χ2v) is 6.94. The van der Waals surface area contributed by atoms with Gasteiger partial charge in [0.1, 0.15) is 5.75 Å². The van der Waals surface area contributed by atoms with E-state index in [4.69, 9.17) is 4.74 Å². The van der Waals surface area contributed by atoms with E-state index < -0.39 is 5.97 Å². The fourth-order valence-corrected chi connectivity index (χ4v) is 3.23. The third-order valence-corrected chi connectivity index (χ3v) is 5.02. The highest BCUT2D eigenvalue weighted by Gasteiger charge is 2.27. The van der Waals surface area contributed by atoms with Gasteiger partial charge in [-0.2, -0.15) is 5.10 Å². The number of benzene rings is 2. The molecule has 8 nitrogen and oxygen atoms in total. The minimum Gasteiger partial charge on any atom is -0.545 e. The summed E-state index contributed by atoms with van der Waals surface area (Å²) >= 11 is 0. The molecule has 0 unspecified atom stereocenters. The number of carboxylic acids is 1. The van der Waals surface area contributed by atoms with Gasteiger partial charge in [-0.25, -0.2) is 5.43 Å². The molecule has 1 aliphatic rings. The third kappa shape index (κ3) is 5.22. The lowest BCUT2D eigenvalue weighted by atomic mass is 9.95. The van der Waals surface area contributed by atoms with E-state index in [0.717, 1.165) is 0 Å². The van der Waals surface area contributed by atoms with E-state index in [9.17, 15) is 19.5 Å². The van der Waals surface area contributed by atoms with Gasteiger partial charge in [0, 0.05) is 24.6 Å². The van der Waals surface area contributed by atoms with Gasteiger partial charge in [-0.3, -0.25) is 9.59 Å². The minimum absolute atomic E-state index is 0.0606. The molecule has 0 radical (unpaired) electrons. The first-order valence-corrected chi connectivity index (χ1v) is 9.55. The molecule has 2 aromatic carbocycles. The zero-order valence-electron chi connectivity index (χ0n) is 16.5. The van der Waals surface area contributed by atoms with E-state index in [-0.39, 0.29) is 23.3 Å². The number of carboxylic acid groups (broad SMARTS) is 1. The SMILES string of the molecule is COc1ccc(C(=O)N2CCC(C(=O)N/N=C\c3ccc(C(=O)[O-])cc3)CC2)cc1. The van der Waals surface area contributed by atoms with Crippen LogP contribution < -0.4 is 15.3 Å². The summed E-state index contributed by atoms with van der Waals surface area (Å²) in [5.41, 5.74) is 3.83. The fraction of sp³-hybridized carbons (Fsp3) is 0.273. The van der Waals surface area contributed by atoms with Crippen molar-refractivity contribution >= 4 is 24.0 Å². The summed E-state index contributed by atoms with van der Waals surface area (Å²) in [6.45, 7) is 0.995. The van der Waals surface area contributed by atoms with Gasteiger partial charge >= 0.3 is 0 Å². The Kier molecular flexibility index (Phi) is 6.79. The molecule has 30 heavy (non-hydrogen) atoms. The number of carbonyl (C=O) groups excluding carboxylic acids is 3. The van der Waals surface area contributed by atoms with E-state index >= 15 is 0 Å². The van der Waals surface area contributed by atoms with Crippen molar-refractivity contribution in [2.75, 3.05) is 20.2 Å². The van der Waals surface area contributed by atoms with Gasteiger partial charge in [0.25, 0.3) is 5.91 Å². The van der Waals surface area contributed by atoms with Gasteiger partial charge in [0.15, 0.2) is 0 Å². The van der Waals surface area contributed by atoms with Crippen LogP contribution in [0.25, 0.3) is 0 Å². The molecule has 0 aromatic heterocycles. The highest BCUT2D eigenvalue weighted by atomic mass is 16.5. The van der Waals surface area contributed by atoms with E-state index in [1.807, 2.05) is 0 Å². The first-order chi connectivity index (χ1) is 14.5. The van der Waals surface area contributed by atoms with Crippen molar-refractivity contribution in [3.63, 3.8) is 0 Å². The summed E-state index contributed by atoms with van der Waals surface area (Å²) in [6.07, 6.45) is 2.56. The maximum Gasteiger partial charge on any atom is 0.253 e. The molecule has 0 bridgehead atoms. The lowest BCUT2D eigenvalue weighted by Gasteiger charge is -2.31. The van der Waals surface area contributed by atoms with Crippen molar-refractivity contribution in [2.24, 2.45) is 11.0 Å². The summed E-state index contributed by atoms with van der Waals surface area (Å²) in [5.74, 6) is -1.04. The molecular formula is C22H22N3O5-. The summed E-state index contributed by atoms with van der Waals surface area (Å²) < 4.78 is 5.10. The second-order valence-electron chi connectivity index (χ2n) is 6.94. The van der Waals surface area contributed by atoms with Crippen LogP contribution in [0.5, 0.6) is 5.75 Å². The number of piperidine rings is 1. The van der Waals surface area contributed by atoms with Gasteiger partial charge < -0.3 is 19.5 Å². The Bertz CT molecular complexity index is 930. The monoisotopic (exact) mass is 408 g/mol. The van der Waals surface area contributed by atoms with Gasteiger partial charge in [0.05, 0.1) is 19.3 Å². The second kappa shape index (κ2) is 9.69. The number of ether oxygens (including phenoxy) is 1. The molecule has 1 heterocycles. The van der Waals surface area contributed by atoms with Crippen LogP contribution in [0.4, 0.5) is 0 Å². The number of nitrogens with one attached hydrogen (secondary N) is 1. The Morgan fingerprint density at radius 3 is 2.20 bits per heavy atom. The summed E-state index contributed by atoms with van der Waals surface area (Å²) in [6, 6.07) is 12.9. The lowest BCUT2D eigenvalue weighted by Crippen LogP contribution is -2.42. The average molecular weight is 408 g/mol. The molecule has 1 N–H and O–H groups in total. The van der Waals surface area contributed by atoms with Gasteiger partial charge in [-0.05, 0) is 48.2 Å². The number of nitrogens with zero attached hydrogens (tertiary/aromatic N) is 2. The van der Waals surface area contributed by atoms with Crippen LogP contribution in [0, 0.1) is 5.92 Å². The third-order valence-electron chi connectivity index (χ3n) is 5.02. The van der Waals surface area contributed by atoms with Crippen LogP contribution in [0.15, 0.2) is 53.6 Å². The number of rotatable bonds is 6. The maximum absolute atomic E-state index is 12.6. The maximum atomic E-state index is 12.6. The van der Waals surface area contributed by atoms with Crippen LogP contribution >= 0.6 is 0 Å². The fourth-order valence-electron chi connectivity index (χ4n) is 3.23. The molecule has 156 valence electrons. The number of hydrogen-bond acceptors (Lipinski definition) is 6. The van der Waals surface area contributed by atoms with Gasteiger partial charge in [-0.1, -0.05) is 24.3 Å². The molecule has 0 saturated carbocycles. The quantitative estimate of drug-likeness (QED) is 0.568. The average Bonchev–Trinajstić information content (AvgIpc) is 2.79. The first kappa shape index (κ1) is 21.0. The molecule has 0 atom stereocenters. The summed E-state index contributed by atoms with van der Waals surface area (Å²) in [7, 11) is 1.57. The van der Waals surface area contributed by atoms with Crippen molar-refractivity contribution in [3.8, 4) is 5.75 Å². The normalized spacial score (nSPS) is 14.5. The zero-order chi connectivity index (χ0) is 21.5. The number of carbonyl (C=O) groups is 3. The number of hydrogen-bond donors (Lipinski definition) is 1. The summed E-state index contributed by atoms with van der Waals surface area (Å²) in [4.78, 5) is 37.4. The number of likely N-dealkylation sites (tertiary alicyclic amines) is 1. The smallest absolute Gasteiger partial charge is 0.253 e. The van der Waals surface area contributed by atoms with Crippen molar-refractivity contribution in [2.45, 2.75) is 12.8 Å². The van der Waals surface area contributed by atoms with Crippen molar-refractivity contribution in [1.82, 2.24) is 10.3 Å². The Morgan fingerprint density at radius 1 is 1.03 bits per heavy atom. The van der Waals surface area contributed by atoms with E-state index in [0.29, 0.717) is 42.8 Å². The standard InChI is InChI=1S/C22H23N3O5/c1-30-19-8-6-17(7-9-19)21(27)25-12-10-16(11-13-25)20(26)24-23-14-15-2-4-18(5-3-15)22(28)29/h2-9,14,16H,10-13H2,1H3,(H,24,26)(H,28,29)/p-1/b23-14-. The molecule has 2 aromatic rings. The molecule has 2 amide bonds. The van der Waals surface area contributed by atoms with Gasteiger partial charge in [0.2, 0.25) is 5.91 Å². The minimum atomic E-state index is -1.25. The number of amides is 2. The van der Waals surface area contributed by atoms with Crippen LogP contribution in [0.3, 0.4) is 0 Å². The van der Waals surface area contributed by atoms with Crippen LogP contribution in [0.1, 0.15) is 39.1 Å². The number of methoxy groups -OCH3 is 1. The van der Waals surface area contributed by atoms with Crippen molar-refractivity contribution < 1.29 is 24.2 Å². The van der Waals surface area contributed by atoms with Crippen LogP contribution in [0.2, 0.25) is 0 Å². The number of hydrazone groups is 1. The molecule has 1 fully saturated rings. The Morgan fingerprint density at radius 2 is 1.63 bits per heavy atom. The molecule has 0 spiro atoms. The first-order valence-electron chi connectivity index (χ1n) is 9.55. The molecular weight excluding hydrogens is 386 g/mol. The van der Waals surface area contributed by atoms with Crippen LogP contribution in [-0.2, 0) is 4.79 Å². The number of aromatic carboxylic acids is 1. The Labute approximate surface area is 174 Å². The van der Waals surface area contributed by atoms with Crippen molar-refractivity contribution in [3.05, 3.63) is 65.2 Å². The molecule has 1 aliphatic heterocycles. The van der Waals surface area contributed by atoms with Crippen molar-refractivity contribution in [1.29, 1.82) is 0 Å². The Hall–Kier alpha value is -3.68. The Balaban J connectivity index is 1.47. The molecule has 8 heteroatoms. The highest BCUT2D eigenvalue weighted by Crippen LogP contribution is 2.20. The van der Waals surface area contributed by atoms with E-state index in [1.165, 1.54) is 18.3 Å². The molecule has 3 rings (SSSR count). The highest BCUT2D eigenvalue weighted by molar-refractivity contribution is 5.94. The van der Waals surface area contributed by atoms with Crippen LogP contribution in [-0.4, -0.2) is 49.1 Å². The van der Waals surface area contributed by atoms with E-state index in [2.05, 4.69) is 10.5 Å². The van der Waals surface area contributed by atoms with E-state index in [1.54, 1.807) is 48.4 Å².